The minimum Gasteiger partial charge on any atom is -0.395 e. The van der Waals surface area contributed by atoms with E-state index in [4.69, 9.17) is 11.5 Å². The molecule has 6 heterocycles. The number of amides is 2. The minimum atomic E-state index is -0.545. The average Bonchev–Trinajstić information content (AvgIpc) is 3.79. The number of H-pyrrole nitrogens is 4. The van der Waals surface area contributed by atoms with Crippen molar-refractivity contribution < 1.29 is 9.59 Å². The lowest BCUT2D eigenvalue weighted by Gasteiger charge is -2.14. The molecule has 0 radical (unpaired) electrons. The number of anilines is 4. The topological polar surface area (TPSA) is 225 Å². The van der Waals surface area contributed by atoms with Gasteiger partial charge in [0.2, 0.25) is 11.8 Å². The molecule has 14 nitrogen and oxygen atoms in total. The van der Waals surface area contributed by atoms with Gasteiger partial charge >= 0.3 is 0 Å². The van der Waals surface area contributed by atoms with Gasteiger partial charge in [0.15, 0.2) is 23.0 Å². The number of nitrogens with zero attached hydrogens (tertiary/aromatic N) is 4. The largest absolute Gasteiger partial charge is 0.395 e. The van der Waals surface area contributed by atoms with Gasteiger partial charge in [0.25, 0.3) is 0 Å². The van der Waals surface area contributed by atoms with Crippen LogP contribution in [-0.4, -0.2) is 52.1 Å². The van der Waals surface area contributed by atoms with Crippen LogP contribution in [-0.2, 0) is 20.4 Å². The van der Waals surface area contributed by atoms with Gasteiger partial charge in [0, 0.05) is 11.4 Å². The second-order valence-corrected chi connectivity index (χ2v) is 12.4. The molecule has 224 valence electrons. The summed E-state index contributed by atoms with van der Waals surface area (Å²) in [6, 6.07) is 7.70. The summed E-state index contributed by atoms with van der Waals surface area (Å²) in [5, 5.41) is 19.9. The lowest BCUT2D eigenvalue weighted by molar-refractivity contribution is -0.120. The van der Waals surface area contributed by atoms with Gasteiger partial charge in [-0.05, 0) is 76.9 Å². The molecule has 6 aromatic rings. The van der Waals surface area contributed by atoms with E-state index in [0.717, 1.165) is 56.0 Å². The lowest BCUT2D eigenvalue weighted by Crippen LogP contribution is -2.26. The fourth-order valence-corrected chi connectivity index (χ4v) is 5.62. The van der Waals surface area contributed by atoms with E-state index in [1.807, 2.05) is 65.8 Å². The number of fused-ring (bicyclic) bond motifs is 4. The highest BCUT2D eigenvalue weighted by atomic mass is 16.2. The normalized spacial score (nSPS) is 16.0. The predicted octanol–water partition coefficient (Wildman–Crippen LogP) is 4.15. The molecule has 44 heavy (non-hydrogen) atoms. The number of hydrogen-bond donors (Lipinski definition) is 8. The first kappa shape index (κ1) is 27.2. The Balaban J connectivity index is 0.000000142. The zero-order valence-corrected chi connectivity index (χ0v) is 25.1. The summed E-state index contributed by atoms with van der Waals surface area (Å²) in [7, 11) is 0. The molecule has 0 atom stereocenters. The second kappa shape index (κ2) is 8.92. The standard InChI is InChI=1S/2C15H16N6O/c2*1-6-11(16)12(21-20-6)13-17-9-4-7-8(5-10(9)18-13)19-14(22)15(7,2)3/h2*4-5H,16H2,1-3H3,(H,17,18)(H,19,22)(H,20,21). The first-order valence-corrected chi connectivity index (χ1v) is 14.1. The van der Waals surface area contributed by atoms with Crippen molar-refractivity contribution >= 4 is 56.6 Å². The molecular weight excluding hydrogens is 560 g/mol. The highest BCUT2D eigenvalue weighted by Gasteiger charge is 2.40. The van der Waals surface area contributed by atoms with Crippen LogP contribution in [0.15, 0.2) is 24.3 Å². The number of rotatable bonds is 2. The van der Waals surface area contributed by atoms with Crippen molar-refractivity contribution in [1.29, 1.82) is 0 Å². The Morgan fingerprint density at radius 3 is 1.36 bits per heavy atom. The fourth-order valence-electron chi connectivity index (χ4n) is 5.62. The molecular formula is C30H32N12O2. The number of imidazole rings is 2. The molecule has 2 amide bonds. The first-order valence-electron chi connectivity index (χ1n) is 14.1. The van der Waals surface area contributed by atoms with E-state index in [1.165, 1.54) is 0 Å². The number of benzene rings is 2. The summed E-state index contributed by atoms with van der Waals surface area (Å²) < 4.78 is 0. The van der Waals surface area contributed by atoms with Crippen molar-refractivity contribution in [3.8, 4) is 23.0 Å². The van der Waals surface area contributed by atoms with Crippen molar-refractivity contribution in [2.75, 3.05) is 22.1 Å². The predicted molar refractivity (Wildman–Crippen MR) is 169 cm³/mol. The SMILES string of the molecule is Cc1[nH]nc(-c2nc3cc4c(cc3[nH]2)C(C)(C)C(=O)N4)c1N.Cc1[nH]nc(-c2nc3cc4c(cc3[nH]2)C(C)(C)C(=O)N4)c1N. The molecule has 0 spiro atoms. The molecule has 0 aliphatic carbocycles. The Morgan fingerprint density at radius 1 is 0.636 bits per heavy atom. The van der Waals surface area contributed by atoms with E-state index in [9.17, 15) is 9.59 Å². The third-order valence-electron chi connectivity index (χ3n) is 8.66. The van der Waals surface area contributed by atoms with Crippen LogP contribution in [0.3, 0.4) is 0 Å². The molecule has 0 unspecified atom stereocenters. The monoisotopic (exact) mass is 592 g/mol. The van der Waals surface area contributed by atoms with Gasteiger partial charge in [-0.1, -0.05) is 0 Å². The average molecular weight is 593 g/mol. The lowest BCUT2D eigenvalue weighted by atomic mass is 9.86. The van der Waals surface area contributed by atoms with Gasteiger partial charge in [-0.3, -0.25) is 19.8 Å². The van der Waals surface area contributed by atoms with Crippen molar-refractivity contribution in [1.82, 2.24) is 40.3 Å². The van der Waals surface area contributed by atoms with Crippen molar-refractivity contribution in [3.63, 3.8) is 0 Å². The maximum absolute atomic E-state index is 12.0. The third kappa shape index (κ3) is 3.87. The Hall–Kier alpha value is -5.66. The fraction of sp³-hybridized carbons (Fsp3) is 0.267. The van der Waals surface area contributed by atoms with Gasteiger partial charge in [0.1, 0.15) is 0 Å². The molecule has 0 saturated carbocycles. The van der Waals surface area contributed by atoms with Crippen LogP contribution in [0, 0.1) is 13.8 Å². The van der Waals surface area contributed by atoms with E-state index in [2.05, 4.69) is 51.0 Å². The van der Waals surface area contributed by atoms with Crippen LogP contribution >= 0.6 is 0 Å². The summed E-state index contributed by atoms with van der Waals surface area (Å²) in [4.78, 5) is 39.6. The molecule has 0 bridgehead atoms. The number of hydrogen-bond acceptors (Lipinski definition) is 8. The number of nitrogen functional groups attached to an aromatic ring is 2. The van der Waals surface area contributed by atoms with E-state index >= 15 is 0 Å². The van der Waals surface area contributed by atoms with Gasteiger partial charge in [-0.2, -0.15) is 10.2 Å². The Labute approximate surface area is 250 Å². The van der Waals surface area contributed by atoms with Crippen LogP contribution in [0.4, 0.5) is 22.7 Å². The molecule has 0 fully saturated rings. The Kier molecular flexibility index (Phi) is 5.51. The molecule has 2 aliphatic rings. The molecule has 4 aromatic heterocycles. The molecule has 14 heteroatoms. The third-order valence-corrected chi connectivity index (χ3v) is 8.66. The van der Waals surface area contributed by atoms with E-state index in [1.54, 1.807) is 0 Å². The summed E-state index contributed by atoms with van der Waals surface area (Å²) in [5.74, 6) is 1.24. The smallest absolute Gasteiger partial charge is 0.234 e. The number of nitrogens with two attached hydrogens (primary N) is 2. The number of carbonyl (C=O) groups is 2. The molecule has 2 aliphatic heterocycles. The molecule has 2 aromatic carbocycles. The zero-order valence-electron chi connectivity index (χ0n) is 25.1. The maximum atomic E-state index is 12.0. The first-order chi connectivity index (χ1) is 20.8. The van der Waals surface area contributed by atoms with Gasteiger partial charge < -0.3 is 32.1 Å². The summed E-state index contributed by atoms with van der Waals surface area (Å²) in [6.07, 6.45) is 0. The number of carbonyl (C=O) groups excluding carboxylic acids is 2. The van der Waals surface area contributed by atoms with Crippen molar-refractivity contribution in [2.24, 2.45) is 0 Å². The summed E-state index contributed by atoms with van der Waals surface area (Å²) in [6.45, 7) is 11.4. The zero-order chi connectivity index (χ0) is 31.3. The van der Waals surface area contributed by atoms with Crippen LogP contribution in [0.2, 0.25) is 0 Å². The Bertz CT molecular complexity index is 2020. The highest BCUT2D eigenvalue weighted by molar-refractivity contribution is 6.08. The quantitative estimate of drug-likeness (QED) is 0.145. The van der Waals surface area contributed by atoms with Gasteiger partial charge in [0.05, 0.1) is 55.7 Å². The number of aromatic amines is 4. The van der Waals surface area contributed by atoms with Gasteiger partial charge in [-0.25, -0.2) is 9.97 Å². The van der Waals surface area contributed by atoms with E-state index < -0.39 is 10.8 Å². The van der Waals surface area contributed by atoms with Crippen molar-refractivity contribution in [2.45, 2.75) is 52.4 Å². The summed E-state index contributed by atoms with van der Waals surface area (Å²) in [5.41, 5.74) is 21.7. The van der Waals surface area contributed by atoms with E-state index in [0.29, 0.717) is 34.4 Å². The highest BCUT2D eigenvalue weighted by Crippen LogP contribution is 2.41. The molecule has 8 rings (SSSR count). The van der Waals surface area contributed by atoms with Gasteiger partial charge in [-0.15, -0.1) is 0 Å². The Morgan fingerprint density at radius 2 is 1.02 bits per heavy atom. The summed E-state index contributed by atoms with van der Waals surface area (Å²) >= 11 is 0. The van der Waals surface area contributed by atoms with Crippen LogP contribution in [0.25, 0.3) is 45.1 Å². The van der Waals surface area contributed by atoms with Crippen molar-refractivity contribution in [3.05, 3.63) is 46.8 Å². The van der Waals surface area contributed by atoms with Crippen LogP contribution < -0.4 is 22.1 Å². The van der Waals surface area contributed by atoms with Crippen LogP contribution in [0.5, 0.6) is 0 Å². The molecule has 0 saturated heterocycles. The molecule has 10 N–H and O–H groups in total. The maximum Gasteiger partial charge on any atom is 0.234 e. The number of aromatic nitrogens is 8. The number of nitrogens with one attached hydrogen (secondary N) is 6. The number of aryl methyl sites for hydroxylation is 2. The van der Waals surface area contributed by atoms with E-state index in [-0.39, 0.29) is 11.8 Å². The van der Waals surface area contributed by atoms with Crippen LogP contribution in [0.1, 0.15) is 50.2 Å². The second-order valence-electron chi connectivity index (χ2n) is 12.4. The minimum absolute atomic E-state index is 0.00236.